The van der Waals surface area contributed by atoms with Crippen molar-refractivity contribution in [1.29, 1.82) is 0 Å². The van der Waals surface area contributed by atoms with Gasteiger partial charge in [0, 0.05) is 31.1 Å². The number of rotatable bonds is 5. The molecule has 0 bridgehead atoms. The minimum Gasteiger partial charge on any atom is -0.468 e. The fourth-order valence-corrected chi connectivity index (χ4v) is 2.89. The van der Waals surface area contributed by atoms with Crippen molar-refractivity contribution >= 4 is 13.0 Å². The standard InChI is InChI=1S/C14H18BNO5/c1-20-8-21-10-2-3-11-9(6-10)4-5-16(14(11)17)13-7-12(13)15(18)19/h2-3,6,12-13,18-19H,4-5,7-8H2,1H3. The van der Waals surface area contributed by atoms with E-state index in [9.17, 15) is 14.8 Å². The lowest BCUT2D eigenvalue weighted by atomic mass is 9.83. The molecule has 2 aliphatic rings. The van der Waals surface area contributed by atoms with Crippen LogP contribution < -0.4 is 4.74 Å². The Bertz CT molecular complexity index is 550. The fourth-order valence-electron chi connectivity index (χ4n) is 2.89. The zero-order chi connectivity index (χ0) is 15.0. The van der Waals surface area contributed by atoms with E-state index in [-0.39, 0.29) is 24.6 Å². The maximum absolute atomic E-state index is 12.5. The van der Waals surface area contributed by atoms with E-state index in [4.69, 9.17) is 9.47 Å². The lowest BCUT2D eigenvalue weighted by molar-refractivity contribution is 0.0510. The van der Waals surface area contributed by atoms with Gasteiger partial charge in [-0.15, -0.1) is 0 Å². The van der Waals surface area contributed by atoms with Gasteiger partial charge in [-0.25, -0.2) is 0 Å². The molecule has 0 radical (unpaired) electrons. The second kappa shape index (κ2) is 5.67. The van der Waals surface area contributed by atoms with E-state index in [0.29, 0.717) is 24.3 Å². The molecule has 112 valence electrons. The number of ether oxygens (including phenoxy) is 2. The highest BCUT2D eigenvalue weighted by Crippen LogP contribution is 2.44. The molecule has 3 rings (SSSR count). The predicted octanol–water partition coefficient (Wildman–Crippen LogP) is 0.283. The Balaban J connectivity index is 1.74. The summed E-state index contributed by atoms with van der Waals surface area (Å²) in [5.41, 5.74) is 1.63. The van der Waals surface area contributed by atoms with Crippen LogP contribution in [-0.2, 0) is 11.2 Å². The molecule has 1 aromatic carbocycles. The number of fused-ring (bicyclic) bond motifs is 1. The van der Waals surface area contributed by atoms with Crippen molar-refractivity contribution in [3.05, 3.63) is 29.3 Å². The van der Waals surface area contributed by atoms with Gasteiger partial charge in [0.1, 0.15) is 5.75 Å². The second-order valence-corrected chi connectivity index (χ2v) is 5.50. The van der Waals surface area contributed by atoms with Crippen LogP contribution in [0.15, 0.2) is 18.2 Å². The first-order chi connectivity index (χ1) is 10.1. The van der Waals surface area contributed by atoms with E-state index in [0.717, 1.165) is 12.0 Å². The van der Waals surface area contributed by atoms with Gasteiger partial charge in [0.15, 0.2) is 6.79 Å². The summed E-state index contributed by atoms with van der Waals surface area (Å²) >= 11 is 0. The summed E-state index contributed by atoms with van der Waals surface area (Å²) in [6.45, 7) is 0.782. The predicted molar refractivity (Wildman–Crippen MR) is 76.0 cm³/mol. The van der Waals surface area contributed by atoms with Gasteiger partial charge in [-0.3, -0.25) is 4.79 Å². The molecule has 21 heavy (non-hydrogen) atoms. The average Bonchev–Trinajstić information content (AvgIpc) is 3.26. The number of carbonyl (C=O) groups excluding carboxylic acids is 1. The van der Waals surface area contributed by atoms with Gasteiger partial charge in [0.05, 0.1) is 0 Å². The van der Waals surface area contributed by atoms with Crippen molar-refractivity contribution in [2.45, 2.75) is 24.7 Å². The molecule has 1 amide bonds. The van der Waals surface area contributed by atoms with E-state index < -0.39 is 7.12 Å². The molecule has 6 nitrogen and oxygen atoms in total. The molecule has 1 heterocycles. The van der Waals surface area contributed by atoms with Crippen LogP contribution in [0.25, 0.3) is 0 Å². The van der Waals surface area contributed by atoms with Crippen molar-refractivity contribution < 1.29 is 24.3 Å². The average molecular weight is 291 g/mol. The quantitative estimate of drug-likeness (QED) is 0.602. The van der Waals surface area contributed by atoms with Crippen molar-refractivity contribution in [2.24, 2.45) is 0 Å². The van der Waals surface area contributed by atoms with Crippen LogP contribution in [-0.4, -0.2) is 54.5 Å². The zero-order valence-electron chi connectivity index (χ0n) is 11.9. The molecule has 0 spiro atoms. The van der Waals surface area contributed by atoms with Crippen LogP contribution in [0.3, 0.4) is 0 Å². The van der Waals surface area contributed by atoms with Crippen LogP contribution in [0.5, 0.6) is 5.75 Å². The Morgan fingerprint density at radius 3 is 2.90 bits per heavy atom. The summed E-state index contributed by atoms with van der Waals surface area (Å²) in [5.74, 6) is 0.439. The number of nitrogens with zero attached hydrogens (tertiary/aromatic N) is 1. The van der Waals surface area contributed by atoms with Crippen LogP contribution in [0.1, 0.15) is 22.3 Å². The zero-order valence-corrected chi connectivity index (χ0v) is 11.9. The summed E-state index contributed by atoms with van der Waals surface area (Å²) in [6.07, 6.45) is 1.41. The number of carbonyl (C=O) groups is 1. The highest BCUT2D eigenvalue weighted by atomic mass is 16.7. The van der Waals surface area contributed by atoms with E-state index in [1.165, 1.54) is 0 Å². The largest absolute Gasteiger partial charge is 0.468 e. The molecule has 1 fully saturated rings. The molecule has 1 aromatic rings. The summed E-state index contributed by atoms with van der Waals surface area (Å²) in [7, 11) is 0.218. The molecule has 1 aliphatic carbocycles. The molecule has 1 aliphatic heterocycles. The Kier molecular flexibility index (Phi) is 3.88. The Labute approximate surface area is 123 Å². The lowest BCUT2D eigenvalue weighted by Gasteiger charge is -2.29. The van der Waals surface area contributed by atoms with E-state index >= 15 is 0 Å². The highest BCUT2D eigenvalue weighted by Gasteiger charge is 2.51. The molecule has 2 atom stereocenters. The highest BCUT2D eigenvalue weighted by molar-refractivity contribution is 6.44. The smallest absolute Gasteiger partial charge is 0.456 e. The third-order valence-electron chi connectivity index (χ3n) is 4.12. The van der Waals surface area contributed by atoms with E-state index in [2.05, 4.69) is 0 Å². The summed E-state index contributed by atoms with van der Waals surface area (Å²) < 4.78 is 10.2. The Hall–Kier alpha value is -1.57. The Morgan fingerprint density at radius 2 is 2.24 bits per heavy atom. The molecule has 2 unspecified atom stereocenters. The first-order valence-corrected chi connectivity index (χ1v) is 7.03. The van der Waals surface area contributed by atoms with Gasteiger partial charge < -0.3 is 24.4 Å². The monoisotopic (exact) mass is 291 g/mol. The van der Waals surface area contributed by atoms with Gasteiger partial charge in [-0.2, -0.15) is 0 Å². The maximum Gasteiger partial charge on any atom is 0.456 e. The van der Waals surface area contributed by atoms with Crippen molar-refractivity contribution in [3.8, 4) is 5.75 Å². The first-order valence-electron chi connectivity index (χ1n) is 7.03. The topological polar surface area (TPSA) is 79.2 Å². The minimum absolute atomic E-state index is 0.0392. The molecule has 7 heteroatoms. The van der Waals surface area contributed by atoms with Crippen LogP contribution in [0.2, 0.25) is 5.82 Å². The van der Waals surface area contributed by atoms with Crippen molar-refractivity contribution in [1.82, 2.24) is 4.90 Å². The number of hydrogen-bond acceptors (Lipinski definition) is 5. The Morgan fingerprint density at radius 1 is 1.43 bits per heavy atom. The third kappa shape index (κ3) is 2.77. The summed E-state index contributed by atoms with van der Waals surface area (Å²) in [6, 6.07) is 5.34. The number of methoxy groups -OCH3 is 1. The number of hydrogen-bond donors (Lipinski definition) is 2. The lowest BCUT2D eigenvalue weighted by Crippen LogP contribution is -2.40. The van der Waals surface area contributed by atoms with Gasteiger partial charge in [0.2, 0.25) is 0 Å². The number of amides is 1. The fraction of sp³-hybridized carbons (Fsp3) is 0.500. The molecule has 1 saturated carbocycles. The van der Waals surface area contributed by atoms with Gasteiger partial charge in [0.25, 0.3) is 5.91 Å². The molecule has 2 N–H and O–H groups in total. The molecular formula is C14H18BNO5. The normalized spacial score (nSPS) is 23.8. The van der Waals surface area contributed by atoms with Crippen molar-refractivity contribution in [2.75, 3.05) is 20.4 Å². The number of benzene rings is 1. The van der Waals surface area contributed by atoms with Gasteiger partial charge >= 0.3 is 7.12 Å². The first kappa shape index (κ1) is 14.4. The van der Waals surface area contributed by atoms with Crippen LogP contribution in [0.4, 0.5) is 0 Å². The van der Waals surface area contributed by atoms with Crippen molar-refractivity contribution in [3.63, 3.8) is 0 Å². The second-order valence-electron chi connectivity index (χ2n) is 5.50. The summed E-state index contributed by atoms with van der Waals surface area (Å²) in [4.78, 5) is 14.2. The van der Waals surface area contributed by atoms with E-state index in [1.807, 2.05) is 6.07 Å². The molecular weight excluding hydrogens is 273 g/mol. The van der Waals surface area contributed by atoms with Crippen LogP contribution in [0, 0.1) is 0 Å². The minimum atomic E-state index is -1.34. The van der Waals surface area contributed by atoms with Gasteiger partial charge in [-0.05, 0) is 36.6 Å². The van der Waals surface area contributed by atoms with E-state index in [1.54, 1.807) is 24.1 Å². The van der Waals surface area contributed by atoms with Gasteiger partial charge in [-0.1, -0.05) is 0 Å². The third-order valence-corrected chi connectivity index (χ3v) is 4.12. The SMILES string of the molecule is COCOc1ccc2c(c1)CCN(C1CC1B(O)O)C2=O. The van der Waals surface area contributed by atoms with Crippen LogP contribution >= 0.6 is 0 Å². The summed E-state index contributed by atoms with van der Waals surface area (Å²) in [5, 5.41) is 18.4. The molecule has 0 saturated heterocycles. The maximum atomic E-state index is 12.5. The molecule has 0 aromatic heterocycles.